The number of aliphatic hydroxyl groups excluding tert-OH is 1. The lowest BCUT2D eigenvalue weighted by Crippen LogP contribution is -2.30. The van der Waals surface area contributed by atoms with E-state index >= 15 is 0 Å². The third-order valence-electron chi connectivity index (χ3n) is 6.35. The summed E-state index contributed by atoms with van der Waals surface area (Å²) in [5.74, 6) is -0.0729. The van der Waals surface area contributed by atoms with Crippen molar-refractivity contribution in [2.75, 3.05) is 11.9 Å². The van der Waals surface area contributed by atoms with Gasteiger partial charge < -0.3 is 10.4 Å². The minimum Gasteiger partial charge on any atom is -0.394 e. The third kappa shape index (κ3) is 4.10. The molecular formula is C22H26F3N3O2. The first-order valence-corrected chi connectivity index (χ1v) is 10.4. The summed E-state index contributed by atoms with van der Waals surface area (Å²) in [4.78, 5) is 12.5. The quantitative estimate of drug-likeness (QED) is 0.664. The van der Waals surface area contributed by atoms with Crippen LogP contribution in [-0.2, 0) is 17.8 Å². The van der Waals surface area contributed by atoms with E-state index < -0.39 is 23.9 Å². The average molecular weight is 421 g/mol. The highest BCUT2D eigenvalue weighted by Crippen LogP contribution is 2.60. The number of aromatic nitrogens is 2. The fraction of sp³-hybridized carbons (Fsp3) is 0.545. The molecule has 1 amide bonds. The van der Waals surface area contributed by atoms with Crippen LogP contribution in [0.25, 0.3) is 0 Å². The van der Waals surface area contributed by atoms with Crippen molar-refractivity contribution in [3.63, 3.8) is 0 Å². The standard InChI is InChI=1S/C22H26F3N3O2/c23-22(24,25)21(9-10-21)14-18(30)26-20-19(16-7-4-8-16)17(28(27-20)11-12-29)13-15-5-2-1-3-6-15/h1-3,5-6,16,29H,4,7-14H2,(H,26,27,30). The molecule has 0 bridgehead atoms. The van der Waals surface area contributed by atoms with Crippen molar-refractivity contribution in [3.8, 4) is 0 Å². The molecule has 2 aliphatic carbocycles. The number of carbonyl (C=O) groups excluding carboxylic acids is 1. The molecule has 1 aromatic heterocycles. The topological polar surface area (TPSA) is 67.2 Å². The van der Waals surface area contributed by atoms with Crippen LogP contribution in [0.2, 0.25) is 0 Å². The van der Waals surface area contributed by atoms with E-state index in [2.05, 4.69) is 10.4 Å². The van der Waals surface area contributed by atoms with Gasteiger partial charge in [-0.1, -0.05) is 36.8 Å². The molecule has 4 rings (SSSR count). The average Bonchev–Trinajstić information content (AvgIpc) is 3.37. The van der Waals surface area contributed by atoms with Gasteiger partial charge in [0.15, 0.2) is 5.82 Å². The summed E-state index contributed by atoms with van der Waals surface area (Å²) in [7, 11) is 0. The maximum absolute atomic E-state index is 13.2. The molecule has 1 heterocycles. The van der Waals surface area contributed by atoms with Crippen molar-refractivity contribution >= 4 is 11.7 Å². The van der Waals surface area contributed by atoms with Crippen molar-refractivity contribution in [2.24, 2.45) is 5.41 Å². The van der Waals surface area contributed by atoms with Gasteiger partial charge in [-0.05, 0) is 37.2 Å². The molecule has 2 fully saturated rings. The van der Waals surface area contributed by atoms with Crippen LogP contribution in [0.15, 0.2) is 30.3 Å². The van der Waals surface area contributed by atoms with Crippen LogP contribution in [0.3, 0.4) is 0 Å². The first-order chi connectivity index (χ1) is 14.3. The molecule has 30 heavy (non-hydrogen) atoms. The van der Waals surface area contributed by atoms with E-state index in [9.17, 15) is 23.1 Å². The van der Waals surface area contributed by atoms with Gasteiger partial charge in [0.25, 0.3) is 0 Å². The molecular weight excluding hydrogens is 395 g/mol. The number of hydrogen-bond donors (Lipinski definition) is 2. The Balaban J connectivity index is 1.62. The summed E-state index contributed by atoms with van der Waals surface area (Å²) in [6.45, 7) is 0.155. The smallest absolute Gasteiger partial charge is 0.394 e. The van der Waals surface area contributed by atoms with E-state index in [1.807, 2.05) is 30.3 Å². The monoisotopic (exact) mass is 421 g/mol. The molecule has 5 nitrogen and oxygen atoms in total. The van der Waals surface area contributed by atoms with Crippen LogP contribution in [0, 0.1) is 5.41 Å². The minimum absolute atomic E-state index is 0.00237. The van der Waals surface area contributed by atoms with Crippen molar-refractivity contribution in [1.82, 2.24) is 9.78 Å². The lowest BCUT2D eigenvalue weighted by molar-refractivity contribution is -0.189. The van der Waals surface area contributed by atoms with Crippen LogP contribution < -0.4 is 5.32 Å². The van der Waals surface area contributed by atoms with Gasteiger partial charge in [-0.25, -0.2) is 0 Å². The summed E-state index contributed by atoms with van der Waals surface area (Å²) in [5, 5.41) is 16.7. The van der Waals surface area contributed by atoms with Crippen molar-refractivity contribution in [3.05, 3.63) is 47.2 Å². The number of halogens is 3. The maximum Gasteiger partial charge on any atom is 0.395 e. The Morgan fingerprint density at radius 2 is 1.93 bits per heavy atom. The van der Waals surface area contributed by atoms with E-state index in [0.717, 1.165) is 36.1 Å². The zero-order chi connectivity index (χ0) is 21.4. The molecule has 1 aromatic carbocycles. The molecule has 2 aliphatic rings. The highest BCUT2D eigenvalue weighted by molar-refractivity contribution is 5.91. The summed E-state index contributed by atoms with van der Waals surface area (Å²) in [6.07, 6.45) is -1.36. The van der Waals surface area contributed by atoms with Crippen LogP contribution in [-0.4, -0.2) is 33.6 Å². The van der Waals surface area contributed by atoms with Crippen LogP contribution in [0.4, 0.5) is 19.0 Å². The highest BCUT2D eigenvalue weighted by Gasteiger charge is 2.63. The molecule has 2 saturated carbocycles. The molecule has 0 radical (unpaired) electrons. The fourth-order valence-electron chi connectivity index (χ4n) is 4.18. The van der Waals surface area contributed by atoms with Gasteiger partial charge in [-0.2, -0.15) is 18.3 Å². The second-order valence-corrected chi connectivity index (χ2v) is 8.45. The molecule has 162 valence electrons. The molecule has 2 N–H and O–H groups in total. The van der Waals surface area contributed by atoms with Gasteiger partial charge in [0, 0.05) is 24.1 Å². The van der Waals surface area contributed by atoms with Gasteiger partial charge in [0.2, 0.25) is 5.91 Å². The number of benzene rings is 1. The first-order valence-electron chi connectivity index (χ1n) is 10.4. The molecule has 8 heteroatoms. The molecule has 0 unspecified atom stereocenters. The Bertz CT molecular complexity index is 900. The summed E-state index contributed by atoms with van der Waals surface area (Å²) in [6, 6.07) is 9.82. The van der Waals surface area contributed by atoms with Crippen molar-refractivity contribution in [2.45, 2.75) is 63.6 Å². The zero-order valence-electron chi connectivity index (χ0n) is 16.7. The number of nitrogens with zero attached hydrogens (tertiary/aromatic N) is 2. The fourth-order valence-corrected chi connectivity index (χ4v) is 4.18. The second kappa shape index (κ2) is 8.06. The number of nitrogens with one attached hydrogen (secondary N) is 1. The minimum atomic E-state index is -4.37. The number of alkyl halides is 3. The third-order valence-corrected chi connectivity index (χ3v) is 6.35. The molecule has 0 saturated heterocycles. The number of aliphatic hydroxyl groups is 1. The van der Waals surface area contributed by atoms with Crippen molar-refractivity contribution < 1.29 is 23.1 Å². The number of carbonyl (C=O) groups is 1. The Morgan fingerprint density at radius 3 is 2.47 bits per heavy atom. The highest BCUT2D eigenvalue weighted by atomic mass is 19.4. The van der Waals surface area contributed by atoms with Crippen LogP contribution in [0.1, 0.15) is 61.3 Å². The largest absolute Gasteiger partial charge is 0.395 e. The number of rotatable bonds is 8. The van der Waals surface area contributed by atoms with E-state index in [4.69, 9.17) is 0 Å². The van der Waals surface area contributed by atoms with Gasteiger partial charge in [0.1, 0.15) is 0 Å². The first kappa shape index (κ1) is 20.9. The molecule has 0 aliphatic heterocycles. The zero-order valence-corrected chi connectivity index (χ0v) is 16.7. The Labute approximate surface area is 173 Å². The van der Waals surface area contributed by atoms with Gasteiger partial charge >= 0.3 is 6.18 Å². The molecule has 2 aromatic rings. The SMILES string of the molecule is O=C(CC1(C(F)(F)F)CC1)Nc1nn(CCO)c(Cc2ccccc2)c1C1CCC1. The summed E-state index contributed by atoms with van der Waals surface area (Å²) >= 11 is 0. The summed E-state index contributed by atoms with van der Waals surface area (Å²) in [5.41, 5.74) is 1.01. The van der Waals surface area contributed by atoms with E-state index in [0.29, 0.717) is 12.2 Å². The lowest BCUT2D eigenvalue weighted by atomic mass is 9.79. The predicted molar refractivity (Wildman–Crippen MR) is 106 cm³/mol. The maximum atomic E-state index is 13.2. The lowest BCUT2D eigenvalue weighted by Gasteiger charge is -2.27. The van der Waals surface area contributed by atoms with E-state index in [1.54, 1.807) is 4.68 Å². The summed E-state index contributed by atoms with van der Waals surface area (Å²) < 4.78 is 41.4. The van der Waals surface area contributed by atoms with Gasteiger partial charge in [-0.3, -0.25) is 9.48 Å². The van der Waals surface area contributed by atoms with Gasteiger partial charge in [0.05, 0.1) is 18.6 Å². The Kier molecular flexibility index (Phi) is 5.61. The Hall–Kier alpha value is -2.35. The number of amides is 1. The molecule has 0 atom stereocenters. The van der Waals surface area contributed by atoms with Crippen LogP contribution in [0.5, 0.6) is 0 Å². The normalized spacial score (nSPS) is 18.1. The Morgan fingerprint density at radius 1 is 1.23 bits per heavy atom. The van der Waals surface area contributed by atoms with Crippen molar-refractivity contribution in [1.29, 1.82) is 0 Å². The number of hydrogen-bond acceptors (Lipinski definition) is 3. The number of anilines is 1. The van der Waals surface area contributed by atoms with E-state index in [-0.39, 0.29) is 31.9 Å². The van der Waals surface area contributed by atoms with Gasteiger partial charge in [-0.15, -0.1) is 0 Å². The molecule has 0 spiro atoms. The van der Waals surface area contributed by atoms with E-state index in [1.165, 1.54) is 0 Å². The second-order valence-electron chi connectivity index (χ2n) is 8.45. The predicted octanol–water partition coefficient (Wildman–Crippen LogP) is 4.40. The van der Waals surface area contributed by atoms with Crippen LogP contribution >= 0.6 is 0 Å².